The van der Waals surface area contributed by atoms with Crippen LogP contribution in [-0.4, -0.2) is 5.92 Å². The molecule has 0 bridgehead atoms. The van der Waals surface area contributed by atoms with E-state index < -0.39 is 11.8 Å². The summed E-state index contributed by atoms with van der Waals surface area (Å²) >= 11 is 0. The third-order valence-electron chi connectivity index (χ3n) is 1.92. The van der Waals surface area contributed by atoms with Gasteiger partial charge in [0.05, 0.1) is 0 Å². The zero-order chi connectivity index (χ0) is 6.91. The molecule has 1 rings (SSSR count). The first-order chi connectivity index (χ1) is 4.13. The fourth-order valence-corrected chi connectivity index (χ4v) is 1.08. The smallest absolute Gasteiger partial charge is 0.207 e. The molecule has 0 spiro atoms. The van der Waals surface area contributed by atoms with Crippen LogP contribution < -0.4 is 0 Å². The molecule has 1 radical (unpaired) electrons. The summed E-state index contributed by atoms with van der Waals surface area (Å²) in [7, 11) is 0. The first kappa shape index (κ1) is 6.97. The van der Waals surface area contributed by atoms with Crippen LogP contribution in [0, 0.1) is 12.3 Å². The lowest BCUT2D eigenvalue weighted by atomic mass is 9.87. The van der Waals surface area contributed by atoms with Gasteiger partial charge < -0.3 is 0 Å². The molecule has 0 saturated heterocycles. The topological polar surface area (TPSA) is 0 Å². The van der Waals surface area contributed by atoms with Gasteiger partial charge in [-0.05, 0) is 19.3 Å². The van der Waals surface area contributed by atoms with Crippen LogP contribution in [0.4, 0.5) is 8.78 Å². The van der Waals surface area contributed by atoms with Crippen LogP contribution in [0.3, 0.4) is 0 Å². The molecular weight excluding hydrogens is 122 g/mol. The van der Waals surface area contributed by atoms with E-state index in [9.17, 15) is 8.78 Å². The molecule has 2 heteroatoms. The van der Waals surface area contributed by atoms with Crippen molar-refractivity contribution in [3.05, 3.63) is 6.42 Å². The molecule has 1 saturated carbocycles. The van der Waals surface area contributed by atoms with Gasteiger partial charge in [-0.3, -0.25) is 0 Å². The highest BCUT2D eigenvalue weighted by atomic mass is 19.3. The lowest BCUT2D eigenvalue weighted by Crippen LogP contribution is -2.29. The molecule has 0 aliphatic heterocycles. The van der Waals surface area contributed by atoms with Crippen molar-refractivity contribution < 1.29 is 8.78 Å². The Morgan fingerprint density at radius 2 is 2.22 bits per heavy atom. The molecule has 0 aromatic heterocycles. The molecule has 1 atom stereocenters. The predicted molar refractivity (Wildman–Crippen MR) is 32.3 cm³/mol. The Morgan fingerprint density at radius 1 is 1.56 bits per heavy atom. The number of alkyl halides is 2. The Bertz CT molecular complexity index is 99.1. The molecule has 1 fully saturated rings. The molecule has 0 aromatic rings. The Balaban J connectivity index is 2.49. The second-order valence-corrected chi connectivity index (χ2v) is 2.73. The third-order valence-corrected chi connectivity index (χ3v) is 1.92. The van der Waals surface area contributed by atoms with Crippen LogP contribution in [0.2, 0.25) is 0 Å². The Labute approximate surface area is 54.3 Å². The summed E-state index contributed by atoms with van der Waals surface area (Å²) in [6.45, 7) is 1.61. The van der Waals surface area contributed by atoms with Crippen molar-refractivity contribution in [1.29, 1.82) is 0 Å². The van der Waals surface area contributed by atoms with Crippen molar-refractivity contribution in [1.82, 2.24) is 0 Å². The van der Waals surface area contributed by atoms with E-state index in [1.165, 1.54) is 0 Å². The van der Waals surface area contributed by atoms with Crippen LogP contribution in [0.15, 0.2) is 0 Å². The third kappa shape index (κ3) is 1.41. The monoisotopic (exact) mass is 133 g/mol. The van der Waals surface area contributed by atoms with Gasteiger partial charge >= 0.3 is 0 Å². The molecule has 53 valence electrons. The summed E-state index contributed by atoms with van der Waals surface area (Å²) in [4.78, 5) is 0. The molecule has 0 heterocycles. The van der Waals surface area contributed by atoms with Gasteiger partial charge in [0.15, 0.2) is 0 Å². The SMILES string of the molecule is CC1C[CH]CCC1(F)F. The van der Waals surface area contributed by atoms with Crippen LogP contribution in [0.25, 0.3) is 0 Å². The van der Waals surface area contributed by atoms with Crippen molar-refractivity contribution in [2.75, 3.05) is 0 Å². The van der Waals surface area contributed by atoms with Crippen molar-refractivity contribution in [2.24, 2.45) is 5.92 Å². The van der Waals surface area contributed by atoms with Gasteiger partial charge in [0.2, 0.25) is 0 Å². The Hall–Kier alpha value is -0.140. The second-order valence-electron chi connectivity index (χ2n) is 2.73. The predicted octanol–water partition coefficient (Wildman–Crippen LogP) is 2.65. The van der Waals surface area contributed by atoms with Crippen LogP contribution >= 0.6 is 0 Å². The normalized spacial score (nSPS) is 34.3. The van der Waals surface area contributed by atoms with E-state index in [0.717, 1.165) is 0 Å². The van der Waals surface area contributed by atoms with Gasteiger partial charge in [-0.2, -0.15) is 0 Å². The molecule has 1 aliphatic carbocycles. The van der Waals surface area contributed by atoms with E-state index in [-0.39, 0.29) is 6.42 Å². The number of halogens is 2. The average molecular weight is 133 g/mol. The van der Waals surface area contributed by atoms with Crippen molar-refractivity contribution in [2.45, 2.75) is 32.1 Å². The summed E-state index contributed by atoms with van der Waals surface area (Å²) in [6.07, 6.45) is 3.15. The van der Waals surface area contributed by atoms with E-state index in [0.29, 0.717) is 12.8 Å². The average Bonchev–Trinajstić information content (AvgIpc) is 1.77. The van der Waals surface area contributed by atoms with Crippen LogP contribution in [0.5, 0.6) is 0 Å². The first-order valence-electron chi connectivity index (χ1n) is 3.32. The zero-order valence-corrected chi connectivity index (χ0v) is 5.53. The van der Waals surface area contributed by atoms with Gasteiger partial charge in [0, 0.05) is 12.3 Å². The minimum atomic E-state index is -2.39. The summed E-state index contributed by atoms with van der Waals surface area (Å²) in [5.74, 6) is -2.83. The van der Waals surface area contributed by atoms with E-state index in [4.69, 9.17) is 0 Å². The molecule has 1 aliphatic rings. The Morgan fingerprint density at radius 3 is 2.56 bits per heavy atom. The van der Waals surface area contributed by atoms with Gasteiger partial charge in [0.25, 0.3) is 5.92 Å². The van der Waals surface area contributed by atoms with E-state index in [1.807, 2.05) is 6.42 Å². The largest absolute Gasteiger partial charge is 0.250 e. The Kier molecular flexibility index (Phi) is 1.73. The minimum absolute atomic E-state index is 0.0498. The zero-order valence-electron chi connectivity index (χ0n) is 5.53. The molecule has 1 unspecified atom stereocenters. The molecule has 9 heavy (non-hydrogen) atoms. The van der Waals surface area contributed by atoms with Gasteiger partial charge in [-0.1, -0.05) is 6.92 Å². The molecular formula is C7H11F2. The van der Waals surface area contributed by atoms with Gasteiger partial charge in [0.1, 0.15) is 0 Å². The molecule has 0 N–H and O–H groups in total. The van der Waals surface area contributed by atoms with Gasteiger partial charge in [-0.15, -0.1) is 0 Å². The van der Waals surface area contributed by atoms with E-state index in [1.54, 1.807) is 6.92 Å². The van der Waals surface area contributed by atoms with Crippen molar-refractivity contribution in [3.8, 4) is 0 Å². The van der Waals surface area contributed by atoms with Gasteiger partial charge in [-0.25, -0.2) is 8.78 Å². The van der Waals surface area contributed by atoms with E-state index >= 15 is 0 Å². The standard InChI is InChI=1S/C7H11F2/c1-6-4-2-3-5-7(6,8)9/h2,6H,3-5H2,1H3. The molecule has 0 amide bonds. The molecule has 0 aromatic carbocycles. The highest BCUT2D eigenvalue weighted by Crippen LogP contribution is 2.37. The maximum Gasteiger partial charge on any atom is 0.250 e. The number of rotatable bonds is 0. The summed E-state index contributed by atoms with van der Waals surface area (Å²) < 4.78 is 25.2. The van der Waals surface area contributed by atoms with Crippen molar-refractivity contribution >= 4 is 0 Å². The summed E-state index contributed by atoms with van der Waals surface area (Å²) in [5, 5.41) is 0. The highest BCUT2D eigenvalue weighted by molar-refractivity contribution is 4.86. The van der Waals surface area contributed by atoms with Crippen LogP contribution in [-0.2, 0) is 0 Å². The maximum atomic E-state index is 12.6. The summed E-state index contributed by atoms with van der Waals surface area (Å²) in [5.41, 5.74) is 0. The van der Waals surface area contributed by atoms with Crippen LogP contribution in [0.1, 0.15) is 26.2 Å². The second kappa shape index (κ2) is 2.24. The fourth-order valence-electron chi connectivity index (χ4n) is 1.08. The highest BCUT2D eigenvalue weighted by Gasteiger charge is 2.37. The number of hydrogen-bond acceptors (Lipinski definition) is 0. The quantitative estimate of drug-likeness (QED) is 0.476. The minimum Gasteiger partial charge on any atom is -0.207 e. The molecule has 0 nitrogen and oxygen atoms in total. The number of hydrogen-bond donors (Lipinski definition) is 0. The lowest BCUT2D eigenvalue weighted by Gasteiger charge is -2.27. The fraction of sp³-hybridized carbons (Fsp3) is 0.857. The van der Waals surface area contributed by atoms with E-state index in [2.05, 4.69) is 0 Å². The first-order valence-corrected chi connectivity index (χ1v) is 3.32. The summed E-state index contributed by atoms with van der Waals surface area (Å²) in [6, 6.07) is 0. The lowest BCUT2D eigenvalue weighted by molar-refractivity contribution is -0.0693. The maximum absolute atomic E-state index is 12.6. The van der Waals surface area contributed by atoms with Crippen molar-refractivity contribution in [3.63, 3.8) is 0 Å².